The van der Waals surface area contributed by atoms with Crippen LogP contribution in [0.15, 0.2) is 28.7 Å². The Morgan fingerprint density at radius 3 is 2.41 bits per heavy atom. The summed E-state index contributed by atoms with van der Waals surface area (Å²) in [6.45, 7) is 1.42. The van der Waals surface area contributed by atoms with Gasteiger partial charge in [-0.1, -0.05) is 28.1 Å². The van der Waals surface area contributed by atoms with Gasteiger partial charge in [0.1, 0.15) is 0 Å². The predicted octanol–water partition coefficient (Wildman–Crippen LogP) is 2.19. The fraction of sp³-hybridized carbons (Fsp3) is 0.333. The van der Waals surface area contributed by atoms with Crippen molar-refractivity contribution in [3.8, 4) is 0 Å². The number of benzene rings is 1. The normalized spacial score (nSPS) is 11.7. The highest BCUT2D eigenvalue weighted by atomic mass is 79.9. The maximum Gasteiger partial charge on any atom is 0.307 e. The molecule has 0 heterocycles. The number of carbonyl (C=O) groups is 2. The number of methoxy groups -OCH3 is 1. The van der Waals surface area contributed by atoms with Gasteiger partial charge in [0, 0.05) is 11.4 Å². The summed E-state index contributed by atoms with van der Waals surface area (Å²) in [4.78, 5) is 22.4. The van der Waals surface area contributed by atoms with E-state index in [0.717, 1.165) is 10.0 Å². The van der Waals surface area contributed by atoms with Crippen molar-refractivity contribution in [1.29, 1.82) is 0 Å². The molecule has 1 atom stereocenters. The van der Waals surface area contributed by atoms with Gasteiger partial charge >= 0.3 is 5.97 Å². The zero-order valence-corrected chi connectivity index (χ0v) is 11.3. The predicted molar refractivity (Wildman–Crippen MR) is 67.3 cm³/mol. The molecule has 0 spiro atoms. The number of esters is 1. The first-order valence-electron chi connectivity index (χ1n) is 5.12. The fourth-order valence-corrected chi connectivity index (χ4v) is 1.71. The highest BCUT2D eigenvalue weighted by molar-refractivity contribution is 9.10. The second-order valence-electron chi connectivity index (χ2n) is 3.58. The molecule has 0 aliphatic carbocycles. The molecule has 1 amide bonds. The van der Waals surface area contributed by atoms with Crippen LogP contribution in [0.3, 0.4) is 0 Å². The van der Waals surface area contributed by atoms with E-state index in [9.17, 15) is 9.59 Å². The van der Waals surface area contributed by atoms with Crippen LogP contribution in [-0.2, 0) is 14.3 Å². The lowest BCUT2D eigenvalue weighted by Gasteiger charge is -2.17. The van der Waals surface area contributed by atoms with E-state index in [1.165, 1.54) is 14.0 Å². The zero-order chi connectivity index (χ0) is 12.8. The number of halogens is 1. The summed E-state index contributed by atoms with van der Waals surface area (Å²) in [6.07, 6.45) is 0.123. The van der Waals surface area contributed by atoms with Crippen LogP contribution in [0.2, 0.25) is 0 Å². The fourth-order valence-electron chi connectivity index (χ4n) is 1.44. The van der Waals surface area contributed by atoms with Crippen LogP contribution < -0.4 is 5.32 Å². The van der Waals surface area contributed by atoms with E-state index in [0.29, 0.717) is 0 Å². The SMILES string of the molecule is COC(=O)C[C@@H](NC(C)=O)c1ccc(Br)cc1. The second kappa shape index (κ2) is 6.39. The van der Waals surface area contributed by atoms with Gasteiger partial charge in [-0.15, -0.1) is 0 Å². The Morgan fingerprint density at radius 2 is 1.94 bits per heavy atom. The van der Waals surface area contributed by atoms with E-state index >= 15 is 0 Å². The molecular weight excluding hydrogens is 286 g/mol. The number of carbonyl (C=O) groups excluding carboxylic acids is 2. The number of amides is 1. The molecule has 0 aromatic heterocycles. The Kier molecular flexibility index (Phi) is 5.15. The molecule has 1 aromatic rings. The summed E-state index contributed by atoms with van der Waals surface area (Å²) in [6, 6.07) is 7.08. The molecule has 92 valence electrons. The maximum absolute atomic E-state index is 11.3. The molecule has 0 bridgehead atoms. The number of nitrogens with one attached hydrogen (secondary N) is 1. The average Bonchev–Trinajstić information content (AvgIpc) is 2.28. The molecule has 1 rings (SSSR count). The van der Waals surface area contributed by atoms with E-state index in [4.69, 9.17) is 0 Å². The Bertz CT molecular complexity index is 403. The number of hydrogen-bond acceptors (Lipinski definition) is 3. The van der Waals surface area contributed by atoms with Crippen molar-refractivity contribution in [3.63, 3.8) is 0 Å². The van der Waals surface area contributed by atoms with Crippen molar-refractivity contribution in [2.75, 3.05) is 7.11 Å². The summed E-state index contributed by atoms with van der Waals surface area (Å²) in [5.74, 6) is -0.534. The molecule has 1 N–H and O–H groups in total. The van der Waals surface area contributed by atoms with Gasteiger partial charge < -0.3 is 10.1 Å². The molecule has 17 heavy (non-hydrogen) atoms. The van der Waals surface area contributed by atoms with Crippen molar-refractivity contribution in [3.05, 3.63) is 34.3 Å². The second-order valence-corrected chi connectivity index (χ2v) is 4.50. The van der Waals surface area contributed by atoms with Gasteiger partial charge in [-0.2, -0.15) is 0 Å². The van der Waals surface area contributed by atoms with Gasteiger partial charge in [0.15, 0.2) is 0 Å². The molecule has 0 saturated heterocycles. The van der Waals surface area contributed by atoms with Crippen LogP contribution in [0.1, 0.15) is 24.9 Å². The molecule has 0 fully saturated rings. The zero-order valence-electron chi connectivity index (χ0n) is 9.70. The molecule has 4 nitrogen and oxygen atoms in total. The van der Waals surface area contributed by atoms with Gasteiger partial charge in [-0.25, -0.2) is 0 Å². The van der Waals surface area contributed by atoms with Crippen molar-refractivity contribution in [1.82, 2.24) is 5.32 Å². The van der Waals surface area contributed by atoms with Crippen molar-refractivity contribution >= 4 is 27.8 Å². The Balaban J connectivity index is 2.85. The van der Waals surface area contributed by atoms with Crippen molar-refractivity contribution in [2.45, 2.75) is 19.4 Å². The standard InChI is InChI=1S/C12H14BrNO3/c1-8(15)14-11(7-12(16)17-2)9-3-5-10(13)6-4-9/h3-6,11H,7H2,1-2H3,(H,14,15)/t11-/m1/s1. The Labute approximate surface area is 108 Å². The van der Waals surface area contributed by atoms with Crippen molar-refractivity contribution < 1.29 is 14.3 Å². The minimum atomic E-state index is -0.355. The summed E-state index contributed by atoms with van der Waals surface area (Å²) >= 11 is 3.33. The van der Waals surface area contributed by atoms with E-state index in [1.807, 2.05) is 24.3 Å². The summed E-state index contributed by atoms with van der Waals surface area (Å²) in [7, 11) is 1.33. The molecule has 0 aliphatic rings. The van der Waals surface area contributed by atoms with E-state index in [1.54, 1.807) is 0 Å². The van der Waals surface area contributed by atoms with Gasteiger partial charge in [0.2, 0.25) is 5.91 Å². The molecule has 1 aromatic carbocycles. The first-order chi connectivity index (χ1) is 8.02. The molecule has 0 unspecified atom stereocenters. The maximum atomic E-state index is 11.3. The Morgan fingerprint density at radius 1 is 1.35 bits per heavy atom. The molecule has 0 aliphatic heterocycles. The monoisotopic (exact) mass is 299 g/mol. The molecule has 5 heteroatoms. The van der Waals surface area contributed by atoms with Crippen LogP contribution in [0, 0.1) is 0 Å². The molecule has 0 radical (unpaired) electrons. The quantitative estimate of drug-likeness (QED) is 0.867. The topological polar surface area (TPSA) is 55.4 Å². The van der Waals surface area contributed by atoms with E-state index < -0.39 is 0 Å². The first kappa shape index (κ1) is 13.7. The van der Waals surface area contributed by atoms with Crippen LogP contribution in [0.4, 0.5) is 0 Å². The van der Waals surface area contributed by atoms with Crippen LogP contribution in [0.25, 0.3) is 0 Å². The van der Waals surface area contributed by atoms with Crippen LogP contribution >= 0.6 is 15.9 Å². The average molecular weight is 300 g/mol. The van der Waals surface area contributed by atoms with E-state index in [-0.39, 0.29) is 24.3 Å². The molecular formula is C12H14BrNO3. The lowest BCUT2D eigenvalue weighted by atomic mass is 10.0. The number of ether oxygens (including phenoxy) is 1. The van der Waals surface area contributed by atoms with E-state index in [2.05, 4.69) is 26.0 Å². The highest BCUT2D eigenvalue weighted by Crippen LogP contribution is 2.20. The summed E-state index contributed by atoms with van der Waals surface area (Å²) in [5.41, 5.74) is 0.869. The Hall–Kier alpha value is -1.36. The number of hydrogen-bond donors (Lipinski definition) is 1. The minimum Gasteiger partial charge on any atom is -0.469 e. The lowest BCUT2D eigenvalue weighted by molar-refractivity contribution is -0.141. The van der Waals surface area contributed by atoms with Crippen molar-refractivity contribution in [2.24, 2.45) is 0 Å². The molecule has 0 saturated carbocycles. The lowest BCUT2D eigenvalue weighted by Crippen LogP contribution is -2.28. The van der Waals surface area contributed by atoms with Gasteiger partial charge in [0.25, 0.3) is 0 Å². The van der Waals surface area contributed by atoms with Crippen LogP contribution in [-0.4, -0.2) is 19.0 Å². The van der Waals surface area contributed by atoms with Gasteiger partial charge in [0.05, 0.1) is 19.6 Å². The number of rotatable bonds is 4. The smallest absolute Gasteiger partial charge is 0.307 e. The highest BCUT2D eigenvalue weighted by Gasteiger charge is 2.17. The first-order valence-corrected chi connectivity index (χ1v) is 5.91. The minimum absolute atomic E-state index is 0.123. The largest absolute Gasteiger partial charge is 0.469 e. The third-order valence-corrected chi connectivity index (χ3v) is 2.78. The van der Waals surface area contributed by atoms with Crippen LogP contribution in [0.5, 0.6) is 0 Å². The van der Waals surface area contributed by atoms with Gasteiger partial charge in [-0.3, -0.25) is 9.59 Å². The van der Waals surface area contributed by atoms with Gasteiger partial charge in [-0.05, 0) is 17.7 Å². The summed E-state index contributed by atoms with van der Waals surface area (Å²) in [5, 5.41) is 2.73. The third-order valence-electron chi connectivity index (χ3n) is 2.25. The summed E-state index contributed by atoms with van der Waals surface area (Å²) < 4.78 is 5.55. The third kappa shape index (κ3) is 4.56.